The van der Waals surface area contributed by atoms with Gasteiger partial charge in [-0.05, 0) is 38.5 Å². The highest BCUT2D eigenvalue weighted by Gasteiger charge is 2.35. The van der Waals surface area contributed by atoms with Crippen LogP contribution in [0.2, 0.25) is 0 Å². The van der Waals surface area contributed by atoms with Gasteiger partial charge >= 0.3 is 5.97 Å². The number of ether oxygens (including phenoxy) is 1. The van der Waals surface area contributed by atoms with Crippen molar-refractivity contribution in [1.82, 2.24) is 0 Å². The third-order valence-corrected chi connectivity index (χ3v) is 3.81. The van der Waals surface area contributed by atoms with Crippen molar-refractivity contribution in [3.8, 4) is 0 Å². The molecule has 1 aliphatic rings. The van der Waals surface area contributed by atoms with E-state index in [0.29, 0.717) is 25.0 Å². The molecule has 134 valence electrons. The molecule has 4 nitrogen and oxygen atoms in total. The summed E-state index contributed by atoms with van der Waals surface area (Å²) in [4.78, 5) is 10.4. The Kier molecular flexibility index (Phi) is 10.8. The summed E-state index contributed by atoms with van der Waals surface area (Å²) in [7, 11) is 0. The largest absolute Gasteiger partial charge is 0.481 e. The smallest absolute Gasteiger partial charge is 0.303 e. The van der Waals surface area contributed by atoms with E-state index in [0.717, 1.165) is 25.7 Å². The van der Waals surface area contributed by atoms with Crippen LogP contribution in [0.1, 0.15) is 51.9 Å². The lowest BCUT2D eigenvalue weighted by atomic mass is 10.1. The number of carbonyl (C=O) groups is 1. The second-order valence-electron chi connectivity index (χ2n) is 5.94. The summed E-state index contributed by atoms with van der Waals surface area (Å²) in [5.41, 5.74) is 0. The summed E-state index contributed by atoms with van der Waals surface area (Å²) in [6.45, 7) is 2.15. The molecule has 0 aromatic carbocycles. The van der Waals surface area contributed by atoms with Crippen molar-refractivity contribution in [2.45, 2.75) is 70.2 Å². The van der Waals surface area contributed by atoms with Crippen molar-refractivity contribution in [3.05, 3.63) is 48.6 Å². The van der Waals surface area contributed by atoms with E-state index in [9.17, 15) is 9.90 Å². The maximum atomic E-state index is 10.4. The van der Waals surface area contributed by atoms with E-state index in [-0.39, 0.29) is 6.42 Å². The molecular weight excluding hydrogens is 304 g/mol. The fourth-order valence-electron chi connectivity index (χ4n) is 2.33. The van der Waals surface area contributed by atoms with E-state index >= 15 is 0 Å². The van der Waals surface area contributed by atoms with E-state index in [1.54, 1.807) is 12.2 Å². The van der Waals surface area contributed by atoms with Crippen LogP contribution in [0.15, 0.2) is 48.6 Å². The number of aliphatic hydroxyl groups excluding tert-OH is 1. The molecule has 3 atom stereocenters. The Morgan fingerprint density at radius 1 is 1.08 bits per heavy atom. The molecule has 0 aliphatic carbocycles. The zero-order valence-electron chi connectivity index (χ0n) is 14.5. The second kappa shape index (κ2) is 12.7. The SMILES string of the molecule is CCC1OC1CC=CCC=CCC=CC=CC(O)CCCC(=O)O. The molecule has 1 saturated heterocycles. The molecule has 1 heterocycles. The van der Waals surface area contributed by atoms with Crippen LogP contribution in [0, 0.1) is 0 Å². The van der Waals surface area contributed by atoms with Crippen LogP contribution in [0.4, 0.5) is 0 Å². The fraction of sp³-hybridized carbons (Fsp3) is 0.550. The first-order chi connectivity index (χ1) is 11.6. The zero-order valence-corrected chi connectivity index (χ0v) is 14.5. The number of carboxylic acid groups (broad SMARTS) is 1. The number of hydrogen-bond acceptors (Lipinski definition) is 3. The zero-order chi connectivity index (χ0) is 17.6. The van der Waals surface area contributed by atoms with E-state index in [1.807, 2.05) is 12.2 Å². The molecule has 1 rings (SSSR count). The van der Waals surface area contributed by atoms with Crippen LogP contribution in [-0.2, 0) is 9.53 Å². The summed E-state index contributed by atoms with van der Waals surface area (Å²) in [6, 6.07) is 0. The number of aliphatic carboxylic acids is 1. The van der Waals surface area contributed by atoms with Crippen molar-refractivity contribution >= 4 is 5.97 Å². The van der Waals surface area contributed by atoms with Crippen molar-refractivity contribution < 1.29 is 19.7 Å². The molecule has 3 unspecified atom stereocenters. The van der Waals surface area contributed by atoms with E-state index in [1.165, 1.54) is 0 Å². The Morgan fingerprint density at radius 3 is 2.46 bits per heavy atom. The van der Waals surface area contributed by atoms with Gasteiger partial charge in [0.05, 0.1) is 18.3 Å². The minimum atomic E-state index is -0.821. The molecule has 0 saturated carbocycles. The molecule has 1 fully saturated rings. The molecule has 4 heteroatoms. The summed E-state index contributed by atoms with van der Waals surface area (Å²) < 4.78 is 5.47. The molecule has 0 bridgehead atoms. The number of carboxylic acids is 1. The molecule has 0 aromatic heterocycles. The Labute approximate surface area is 145 Å². The second-order valence-corrected chi connectivity index (χ2v) is 5.94. The van der Waals surface area contributed by atoms with Crippen LogP contribution in [0.3, 0.4) is 0 Å². The van der Waals surface area contributed by atoms with Gasteiger partial charge in [-0.3, -0.25) is 4.79 Å². The summed E-state index contributed by atoms with van der Waals surface area (Å²) in [5.74, 6) is -0.821. The summed E-state index contributed by atoms with van der Waals surface area (Å²) in [6.07, 6.45) is 21.4. The van der Waals surface area contributed by atoms with Crippen molar-refractivity contribution in [1.29, 1.82) is 0 Å². The topological polar surface area (TPSA) is 70.1 Å². The average Bonchev–Trinajstić information content (AvgIpc) is 3.30. The van der Waals surface area contributed by atoms with E-state index in [2.05, 4.69) is 31.2 Å². The van der Waals surface area contributed by atoms with Gasteiger partial charge in [-0.15, -0.1) is 0 Å². The molecule has 0 amide bonds. The third kappa shape index (κ3) is 11.0. The maximum Gasteiger partial charge on any atom is 0.303 e. The van der Waals surface area contributed by atoms with Gasteiger partial charge in [0.1, 0.15) is 0 Å². The summed E-state index contributed by atoms with van der Waals surface area (Å²) >= 11 is 0. The van der Waals surface area contributed by atoms with E-state index < -0.39 is 12.1 Å². The predicted molar refractivity (Wildman–Crippen MR) is 96.9 cm³/mol. The number of rotatable bonds is 13. The van der Waals surface area contributed by atoms with Crippen LogP contribution < -0.4 is 0 Å². The first kappa shape index (κ1) is 20.4. The molecule has 24 heavy (non-hydrogen) atoms. The van der Waals surface area contributed by atoms with Gasteiger partial charge in [-0.2, -0.15) is 0 Å². The molecule has 2 N–H and O–H groups in total. The Balaban J connectivity index is 1.98. The lowest BCUT2D eigenvalue weighted by Gasteiger charge is -2.02. The monoisotopic (exact) mass is 334 g/mol. The fourth-order valence-corrected chi connectivity index (χ4v) is 2.33. The number of epoxide rings is 1. The highest BCUT2D eigenvalue weighted by molar-refractivity contribution is 5.66. The average molecular weight is 334 g/mol. The molecular formula is C20H30O4. The van der Waals surface area contributed by atoms with Gasteiger partial charge in [0.15, 0.2) is 0 Å². The van der Waals surface area contributed by atoms with Gasteiger partial charge in [0.2, 0.25) is 0 Å². The quantitative estimate of drug-likeness (QED) is 0.301. The van der Waals surface area contributed by atoms with Gasteiger partial charge < -0.3 is 14.9 Å². The Bertz CT molecular complexity index is 462. The minimum absolute atomic E-state index is 0.104. The number of allylic oxidation sites excluding steroid dienone is 6. The molecule has 0 spiro atoms. The van der Waals surface area contributed by atoms with Crippen molar-refractivity contribution in [3.63, 3.8) is 0 Å². The number of aliphatic hydroxyl groups is 1. The Morgan fingerprint density at radius 2 is 1.79 bits per heavy atom. The van der Waals surface area contributed by atoms with Gasteiger partial charge in [0.25, 0.3) is 0 Å². The third-order valence-electron chi connectivity index (χ3n) is 3.81. The van der Waals surface area contributed by atoms with Crippen molar-refractivity contribution in [2.75, 3.05) is 0 Å². The Hall–Kier alpha value is -1.65. The lowest BCUT2D eigenvalue weighted by molar-refractivity contribution is -0.137. The standard InChI is InChI=1S/C20H30O4/c1-2-18-19(24-18)15-11-9-7-5-3-4-6-8-10-13-17(21)14-12-16-20(22)23/h3,5-6,8-11,13,17-19,21H,2,4,7,12,14-16H2,1H3,(H,22,23). The first-order valence-corrected chi connectivity index (χ1v) is 8.82. The first-order valence-electron chi connectivity index (χ1n) is 8.82. The maximum absolute atomic E-state index is 10.4. The van der Waals surface area contributed by atoms with Gasteiger partial charge in [-0.25, -0.2) is 0 Å². The van der Waals surface area contributed by atoms with Crippen LogP contribution in [0.25, 0.3) is 0 Å². The van der Waals surface area contributed by atoms with Gasteiger partial charge in [0, 0.05) is 6.42 Å². The molecule has 1 aliphatic heterocycles. The highest BCUT2D eigenvalue weighted by atomic mass is 16.6. The molecule has 0 radical (unpaired) electrons. The highest BCUT2D eigenvalue weighted by Crippen LogP contribution is 2.28. The summed E-state index contributed by atoms with van der Waals surface area (Å²) in [5, 5.41) is 18.1. The number of hydrogen-bond donors (Lipinski definition) is 2. The van der Waals surface area contributed by atoms with Crippen LogP contribution in [0.5, 0.6) is 0 Å². The van der Waals surface area contributed by atoms with Crippen molar-refractivity contribution in [2.24, 2.45) is 0 Å². The van der Waals surface area contributed by atoms with Crippen LogP contribution >= 0.6 is 0 Å². The van der Waals surface area contributed by atoms with E-state index in [4.69, 9.17) is 9.84 Å². The normalized spacial score (nSPS) is 22.2. The molecule has 0 aromatic rings. The lowest BCUT2D eigenvalue weighted by Crippen LogP contribution is -2.03. The van der Waals surface area contributed by atoms with Gasteiger partial charge in [-0.1, -0.05) is 55.5 Å². The predicted octanol–water partition coefficient (Wildman–Crippen LogP) is 4.17. The van der Waals surface area contributed by atoms with Crippen LogP contribution in [-0.4, -0.2) is 34.5 Å². The minimum Gasteiger partial charge on any atom is -0.481 e.